The molecule has 2 nitrogen and oxygen atoms in total. The zero-order chi connectivity index (χ0) is 12.3. The molecule has 3 heteroatoms. The summed E-state index contributed by atoms with van der Waals surface area (Å²) in [6.45, 7) is 0. The van der Waals surface area contributed by atoms with Gasteiger partial charge in [0, 0.05) is 5.02 Å². The predicted octanol–water partition coefficient (Wildman–Crippen LogP) is 3.77. The van der Waals surface area contributed by atoms with Crippen LogP contribution in [0.2, 0.25) is 5.02 Å². The van der Waals surface area contributed by atoms with Crippen molar-refractivity contribution in [2.75, 3.05) is 0 Å². The van der Waals surface area contributed by atoms with Crippen LogP contribution in [0.25, 0.3) is 0 Å². The molecule has 1 aliphatic rings. The topological polar surface area (TPSA) is 37.3 Å². The molecule has 17 heavy (non-hydrogen) atoms. The van der Waals surface area contributed by atoms with Gasteiger partial charge in [-0.1, -0.05) is 42.6 Å². The molecule has 2 rings (SSSR count). The Bertz CT molecular complexity index is 399. The molecular formula is C14H17ClO2. The lowest BCUT2D eigenvalue weighted by molar-refractivity contribution is -0.142. The van der Waals surface area contributed by atoms with E-state index in [4.69, 9.17) is 11.6 Å². The van der Waals surface area contributed by atoms with Crippen molar-refractivity contribution in [2.45, 2.75) is 32.1 Å². The summed E-state index contributed by atoms with van der Waals surface area (Å²) in [5.74, 6) is -0.218. The molecule has 0 aromatic heterocycles. The van der Waals surface area contributed by atoms with Crippen LogP contribution < -0.4 is 0 Å². The minimum absolute atomic E-state index is 0.296. The summed E-state index contributed by atoms with van der Waals surface area (Å²) in [6.07, 6.45) is 4.91. The molecule has 1 saturated carbocycles. The minimum Gasteiger partial charge on any atom is -0.481 e. The summed E-state index contributed by atoms with van der Waals surface area (Å²) >= 11 is 6.06. The zero-order valence-electron chi connectivity index (χ0n) is 9.73. The molecule has 0 bridgehead atoms. The van der Waals surface area contributed by atoms with Gasteiger partial charge in [-0.3, -0.25) is 4.79 Å². The molecule has 1 fully saturated rings. The Kier molecular flexibility index (Phi) is 4.06. The molecule has 1 aromatic carbocycles. The van der Waals surface area contributed by atoms with E-state index in [2.05, 4.69) is 0 Å². The number of carboxylic acid groups (broad SMARTS) is 1. The number of benzene rings is 1. The van der Waals surface area contributed by atoms with Crippen LogP contribution >= 0.6 is 11.6 Å². The maximum absolute atomic E-state index is 11.2. The smallest absolute Gasteiger partial charge is 0.306 e. The van der Waals surface area contributed by atoms with Crippen molar-refractivity contribution in [3.8, 4) is 0 Å². The Morgan fingerprint density at radius 3 is 2.71 bits per heavy atom. The first-order valence-electron chi connectivity index (χ1n) is 6.13. The van der Waals surface area contributed by atoms with Crippen LogP contribution in [-0.2, 0) is 11.2 Å². The van der Waals surface area contributed by atoms with Crippen LogP contribution in [-0.4, -0.2) is 11.1 Å². The van der Waals surface area contributed by atoms with E-state index in [0.717, 1.165) is 24.3 Å². The van der Waals surface area contributed by atoms with Crippen molar-refractivity contribution in [2.24, 2.45) is 11.8 Å². The van der Waals surface area contributed by atoms with Gasteiger partial charge >= 0.3 is 5.97 Å². The second kappa shape index (κ2) is 5.54. The SMILES string of the molecule is O=C(O)C(CCC1CC1)Cc1ccccc1Cl. The van der Waals surface area contributed by atoms with E-state index in [1.54, 1.807) is 0 Å². The summed E-state index contributed by atoms with van der Waals surface area (Å²) < 4.78 is 0. The molecule has 1 aliphatic carbocycles. The summed E-state index contributed by atoms with van der Waals surface area (Å²) in [5, 5.41) is 9.89. The molecule has 0 amide bonds. The number of carboxylic acids is 1. The molecular weight excluding hydrogens is 236 g/mol. The molecule has 0 saturated heterocycles. The van der Waals surface area contributed by atoms with Crippen LogP contribution in [0.3, 0.4) is 0 Å². The van der Waals surface area contributed by atoms with Crippen LogP contribution in [0.5, 0.6) is 0 Å². The van der Waals surface area contributed by atoms with Gasteiger partial charge in [0.2, 0.25) is 0 Å². The van der Waals surface area contributed by atoms with E-state index in [0.29, 0.717) is 11.4 Å². The van der Waals surface area contributed by atoms with Crippen LogP contribution in [0.4, 0.5) is 0 Å². The molecule has 0 radical (unpaired) electrons. The van der Waals surface area contributed by atoms with Gasteiger partial charge < -0.3 is 5.11 Å². The third-order valence-corrected chi connectivity index (χ3v) is 3.76. The van der Waals surface area contributed by atoms with E-state index in [1.165, 1.54) is 12.8 Å². The number of hydrogen-bond donors (Lipinski definition) is 1. The first-order chi connectivity index (χ1) is 8.16. The Morgan fingerprint density at radius 1 is 1.41 bits per heavy atom. The van der Waals surface area contributed by atoms with E-state index in [1.807, 2.05) is 24.3 Å². The Hall–Kier alpha value is -1.02. The van der Waals surface area contributed by atoms with Gasteiger partial charge in [0.05, 0.1) is 5.92 Å². The Labute approximate surface area is 107 Å². The third kappa shape index (κ3) is 3.74. The van der Waals surface area contributed by atoms with Crippen LogP contribution in [0.15, 0.2) is 24.3 Å². The van der Waals surface area contributed by atoms with Crippen molar-refractivity contribution in [1.29, 1.82) is 0 Å². The largest absolute Gasteiger partial charge is 0.481 e. The highest BCUT2D eigenvalue weighted by Crippen LogP contribution is 2.35. The maximum Gasteiger partial charge on any atom is 0.306 e. The summed E-state index contributed by atoms with van der Waals surface area (Å²) in [6, 6.07) is 7.50. The van der Waals surface area contributed by atoms with Crippen molar-refractivity contribution in [3.63, 3.8) is 0 Å². The summed E-state index contributed by atoms with van der Waals surface area (Å²) in [5.41, 5.74) is 0.942. The summed E-state index contributed by atoms with van der Waals surface area (Å²) in [7, 11) is 0. The van der Waals surface area contributed by atoms with Gasteiger partial charge in [-0.25, -0.2) is 0 Å². The minimum atomic E-state index is -0.703. The molecule has 92 valence electrons. The average molecular weight is 253 g/mol. The Balaban J connectivity index is 1.96. The van der Waals surface area contributed by atoms with E-state index < -0.39 is 5.97 Å². The molecule has 1 unspecified atom stereocenters. The second-order valence-electron chi connectivity index (χ2n) is 4.85. The standard InChI is InChI=1S/C14H17ClO2/c15-13-4-2-1-3-11(13)9-12(14(16)17)8-7-10-5-6-10/h1-4,10,12H,5-9H2,(H,16,17). The molecule has 0 spiro atoms. The molecule has 1 atom stereocenters. The maximum atomic E-state index is 11.2. The zero-order valence-corrected chi connectivity index (χ0v) is 10.5. The highest BCUT2D eigenvalue weighted by molar-refractivity contribution is 6.31. The quantitative estimate of drug-likeness (QED) is 0.837. The molecule has 1 aromatic rings. The summed E-state index contributed by atoms with van der Waals surface area (Å²) in [4.78, 5) is 11.2. The van der Waals surface area contributed by atoms with Crippen LogP contribution in [0.1, 0.15) is 31.2 Å². The predicted molar refractivity (Wildman–Crippen MR) is 68.2 cm³/mol. The molecule has 0 aliphatic heterocycles. The van der Waals surface area contributed by atoms with Crippen molar-refractivity contribution in [1.82, 2.24) is 0 Å². The highest BCUT2D eigenvalue weighted by atomic mass is 35.5. The van der Waals surface area contributed by atoms with Gasteiger partial charge in [-0.15, -0.1) is 0 Å². The number of hydrogen-bond acceptors (Lipinski definition) is 1. The van der Waals surface area contributed by atoms with Crippen molar-refractivity contribution < 1.29 is 9.90 Å². The lowest BCUT2D eigenvalue weighted by atomic mass is 9.94. The Morgan fingerprint density at radius 2 is 2.12 bits per heavy atom. The lowest BCUT2D eigenvalue weighted by Gasteiger charge is -2.13. The van der Waals surface area contributed by atoms with E-state index >= 15 is 0 Å². The first kappa shape index (κ1) is 12.4. The van der Waals surface area contributed by atoms with Gasteiger partial charge in [-0.2, -0.15) is 0 Å². The fourth-order valence-corrected chi connectivity index (χ4v) is 2.30. The van der Waals surface area contributed by atoms with Crippen molar-refractivity contribution in [3.05, 3.63) is 34.9 Å². The highest BCUT2D eigenvalue weighted by Gasteiger charge is 2.25. The fraction of sp³-hybridized carbons (Fsp3) is 0.500. The number of carbonyl (C=O) groups is 1. The fourth-order valence-electron chi connectivity index (χ4n) is 2.09. The van der Waals surface area contributed by atoms with E-state index in [9.17, 15) is 9.90 Å². The van der Waals surface area contributed by atoms with Gasteiger partial charge in [0.15, 0.2) is 0 Å². The third-order valence-electron chi connectivity index (χ3n) is 3.39. The second-order valence-corrected chi connectivity index (χ2v) is 5.26. The van der Waals surface area contributed by atoms with Gasteiger partial charge in [-0.05, 0) is 36.8 Å². The molecule has 0 heterocycles. The normalized spacial score (nSPS) is 16.8. The number of aliphatic carboxylic acids is 1. The van der Waals surface area contributed by atoms with Crippen molar-refractivity contribution >= 4 is 17.6 Å². The van der Waals surface area contributed by atoms with Crippen LogP contribution in [0, 0.1) is 11.8 Å². The average Bonchev–Trinajstić information content (AvgIpc) is 3.10. The molecule has 1 N–H and O–H groups in total. The van der Waals surface area contributed by atoms with Gasteiger partial charge in [0.1, 0.15) is 0 Å². The van der Waals surface area contributed by atoms with Gasteiger partial charge in [0.25, 0.3) is 0 Å². The van der Waals surface area contributed by atoms with E-state index in [-0.39, 0.29) is 5.92 Å². The first-order valence-corrected chi connectivity index (χ1v) is 6.51. The monoisotopic (exact) mass is 252 g/mol. The number of rotatable bonds is 6. The number of halogens is 1. The lowest BCUT2D eigenvalue weighted by Crippen LogP contribution is -2.16.